The van der Waals surface area contributed by atoms with Crippen LogP contribution in [-0.4, -0.2) is 35.4 Å². The van der Waals surface area contributed by atoms with Gasteiger partial charge in [-0.25, -0.2) is 0 Å². The summed E-state index contributed by atoms with van der Waals surface area (Å²) in [4.78, 5) is 18.1. The van der Waals surface area contributed by atoms with Gasteiger partial charge < -0.3 is 10.3 Å². The molecule has 0 aliphatic carbocycles. The van der Waals surface area contributed by atoms with Gasteiger partial charge in [0.2, 0.25) is 5.91 Å². The maximum absolute atomic E-state index is 12.4. The number of para-hydroxylation sites is 1. The van der Waals surface area contributed by atoms with E-state index in [2.05, 4.69) is 51.6 Å². The van der Waals surface area contributed by atoms with Crippen LogP contribution in [0.1, 0.15) is 24.0 Å². The van der Waals surface area contributed by atoms with Crippen molar-refractivity contribution in [3.05, 3.63) is 71.9 Å². The summed E-state index contributed by atoms with van der Waals surface area (Å²) in [5, 5.41) is 4.29. The van der Waals surface area contributed by atoms with Gasteiger partial charge in [0, 0.05) is 30.2 Å². The third-order valence-electron chi connectivity index (χ3n) is 5.57. The van der Waals surface area contributed by atoms with E-state index in [0.29, 0.717) is 12.3 Å². The monoisotopic (exact) mass is 361 g/mol. The van der Waals surface area contributed by atoms with Gasteiger partial charge in [0.25, 0.3) is 0 Å². The molecule has 4 heteroatoms. The Morgan fingerprint density at radius 2 is 1.78 bits per heavy atom. The minimum atomic E-state index is 0.117. The van der Waals surface area contributed by atoms with Crippen LogP contribution < -0.4 is 5.32 Å². The lowest BCUT2D eigenvalue weighted by Crippen LogP contribution is -2.38. The van der Waals surface area contributed by atoms with Crippen molar-refractivity contribution in [2.24, 2.45) is 5.92 Å². The number of aromatic amines is 1. The number of H-pyrrole nitrogens is 1. The number of aromatic nitrogens is 1. The Balaban J connectivity index is 1.21. The molecule has 2 aromatic carbocycles. The normalized spacial score (nSPS) is 15.9. The quantitative estimate of drug-likeness (QED) is 0.703. The molecule has 2 heterocycles. The Labute approximate surface area is 160 Å². The number of hydrogen-bond donors (Lipinski definition) is 2. The fraction of sp³-hybridized carbons (Fsp3) is 0.348. The van der Waals surface area contributed by atoms with Gasteiger partial charge in [0.05, 0.1) is 6.42 Å². The first kappa shape index (κ1) is 17.8. The number of likely N-dealkylation sites (tertiary alicyclic amines) is 1. The van der Waals surface area contributed by atoms with Crippen LogP contribution in [0.2, 0.25) is 0 Å². The molecule has 1 fully saturated rings. The Hall–Kier alpha value is -2.59. The van der Waals surface area contributed by atoms with Crippen molar-refractivity contribution in [3.8, 4) is 0 Å². The maximum atomic E-state index is 12.4. The molecule has 1 aliphatic rings. The molecule has 0 spiro atoms. The molecule has 1 saturated heterocycles. The molecule has 1 aliphatic heterocycles. The van der Waals surface area contributed by atoms with Crippen LogP contribution in [0.3, 0.4) is 0 Å². The van der Waals surface area contributed by atoms with Gasteiger partial charge in [-0.1, -0.05) is 48.5 Å². The molecule has 4 nitrogen and oxygen atoms in total. The van der Waals surface area contributed by atoms with E-state index in [9.17, 15) is 4.79 Å². The lowest BCUT2D eigenvalue weighted by atomic mass is 9.96. The summed E-state index contributed by atoms with van der Waals surface area (Å²) < 4.78 is 0. The van der Waals surface area contributed by atoms with Crippen LogP contribution in [-0.2, 0) is 17.8 Å². The number of carbonyl (C=O) groups excluding carboxylic acids is 1. The minimum absolute atomic E-state index is 0.117. The molecular weight excluding hydrogens is 334 g/mol. The largest absolute Gasteiger partial charge is 0.361 e. The molecule has 2 N–H and O–H groups in total. The summed E-state index contributed by atoms with van der Waals surface area (Å²) in [6.45, 7) is 4.04. The summed E-state index contributed by atoms with van der Waals surface area (Å²) >= 11 is 0. The average molecular weight is 361 g/mol. The maximum Gasteiger partial charge on any atom is 0.224 e. The summed E-state index contributed by atoms with van der Waals surface area (Å²) in [5.41, 5.74) is 3.54. The fourth-order valence-electron chi connectivity index (χ4n) is 3.96. The number of benzene rings is 2. The Morgan fingerprint density at radius 3 is 2.59 bits per heavy atom. The van der Waals surface area contributed by atoms with Crippen LogP contribution in [0.15, 0.2) is 60.8 Å². The van der Waals surface area contributed by atoms with E-state index in [-0.39, 0.29) is 5.91 Å². The lowest BCUT2D eigenvalue weighted by molar-refractivity contribution is -0.120. The Morgan fingerprint density at radius 1 is 1.04 bits per heavy atom. The van der Waals surface area contributed by atoms with E-state index in [1.165, 1.54) is 5.56 Å². The van der Waals surface area contributed by atoms with Gasteiger partial charge in [-0.2, -0.15) is 0 Å². The number of rotatable bonds is 6. The topological polar surface area (TPSA) is 48.1 Å². The highest BCUT2D eigenvalue weighted by atomic mass is 16.1. The Kier molecular flexibility index (Phi) is 5.54. The van der Waals surface area contributed by atoms with Gasteiger partial charge in [0.15, 0.2) is 0 Å². The lowest BCUT2D eigenvalue weighted by Gasteiger charge is -2.32. The third-order valence-corrected chi connectivity index (χ3v) is 5.57. The second kappa shape index (κ2) is 8.40. The van der Waals surface area contributed by atoms with E-state index in [4.69, 9.17) is 0 Å². The molecule has 140 valence electrons. The first-order valence-corrected chi connectivity index (χ1v) is 9.86. The van der Waals surface area contributed by atoms with E-state index < -0.39 is 0 Å². The van der Waals surface area contributed by atoms with Crippen LogP contribution in [0, 0.1) is 5.92 Å². The van der Waals surface area contributed by atoms with Crippen molar-refractivity contribution in [3.63, 3.8) is 0 Å². The molecule has 4 rings (SSSR count). The molecule has 0 unspecified atom stereocenters. The number of hydrogen-bond acceptors (Lipinski definition) is 2. The smallest absolute Gasteiger partial charge is 0.224 e. The van der Waals surface area contributed by atoms with Gasteiger partial charge in [-0.15, -0.1) is 0 Å². The van der Waals surface area contributed by atoms with Crippen LogP contribution in [0.5, 0.6) is 0 Å². The van der Waals surface area contributed by atoms with Gasteiger partial charge in [0.1, 0.15) is 0 Å². The van der Waals surface area contributed by atoms with Gasteiger partial charge in [-0.3, -0.25) is 9.69 Å². The number of amides is 1. The number of nitrogens with zero attached hydrogens (tertiary/aromatic N) is 1. The highest BCUT2D eigenvalue weighted by Crippen LogP contribution is 2.20. The fourth-order valence-corrected chi connectivity index (χ4v) is 3.96. The number of fused-ring (bicyclic) bond motifs is 1. The molecule has 0 radical (unpaired) electrons. The zero-order chi connectivity index (χ0) is 18.5. The van der Waals surface area contributed by atoms with Gasteiger partial charge in [-0.05, 0) is 49.0 Å². The Bertz CT molecular complexity index is 879. The van der Waals surface area contributed by atoms with Gasteiger partial charge >= 0.3 is 0 Å². The first-order valence-electron chi connectivity index (χ1n) is 9.86. The predicted molar refractivity (Wildman–Crippen MR) is 109 cm³/mol. The number of piperidine rings is 1. The number of carbonyl (C=O) groups is 1. The van der Waals surface area contributed by atoms with E-state index in [1.54, 1.807) is 0 Å². The molecular formula is C23H27N3O. The molecule has 1 aromatic heterocycles. The summed E-state index contributed by atoms with van der Waals surface area (Å²) in [5.74, 6) is 0.704. The minimum Gasteiger partial charge on any atom is -0.361 e. The van der Waals surface area contributed by atoms with Crippen LogP contribution in [0.4, 0.5) is 0 Å². The van der Waals surface area contributed by atoms with Crippen molar-refractivity contribution < 1.29 is 4.79 Å². The molecule has 27 heavy (non-hydrogen) atoms. The first-order chi connectivity index (χ1) is 13.3. The second-order valence-corrected chi connectivity index (χ2v) is 7.55. The standard InChI is InChI=1S/C23H27N3O/c27-23(14-20-16-24-22-9-5-4-8-21(20)22)25-15-18-10-12-26(13-11-18)17-19-6-2-1-3-7-19/h1-9,16,18,24H,10-15,17H2,(H,25,27). The highest BCUT2D eigenvalue weighted by molar-refractivity contribution is 5.88. The van der Waals surface area contributed by atoms with Crippen LogP contribution >= 0.6 is 0 Å². The zero-order valence-electron chi connectivity index (χ0n) is 15.7. The summed E-state index contributed by atoms with van der Waals surface area (Å²) in [6.07, 6.45) is 4.70. The van der Waals surface area contributed by atoms with Crippen molar-refractivity contribution in [1.29, 1.82) is 0 Å². The highest BCUT2D eigenvalue weighted by Gasteiger charge is 2.20. The second-order valence-electron chi connectivity index (χ2n) is 7.55. The molecule has 0 saturated carbocycles. The third kappa shape index (κ3) is 4.58. The predicted octanol–water partition coefficient (Wildman–Crippen LogP) is 3.74. The molecule has 0 atom stereocenters. The number of nitrogens with one attached hydrogen (secondary N) is 2. The zero-order valence-corrected chi connectivity index (χ0v) is 15.7. The van der Waals surface area contributed by atoms with E-state index in [0.717, 1.165) is 55.5 Å². The van der Waals surface area contributed by atoms with Crippen molar-refractivity contribution in [2.45, 2.75) is 25.8 Å². The SMILES string of the molecule is O=C(Cc1c[nH]c2ccccc12)NCC1CCN(Cc2ccccc2)CC1. The summed E-state index contributed by atoms with van der Waals surface area (Å²) in [7, 11) is 0. The van der Waals surface area contributed by atoms with E-state index >= 15 is 0 Å². The molecule has 1 amide bonds. The van der Waals surface area contributed by atoms with E-state index in [1.807, 2.05) is 24.4 Å². The summed E-state index contributed by atoms with van der Waals surface area (Å²) in [6, 6.07) is 18.8. The van der Waals surface area contributed by atoms with Crippen LogP contribution in [0.25, 0.3) is 10.9 Å². The van der Waals surface area contributed by atoms with Crippen molar-refractivity contribution in [2.75, 3.05) is 19.6 Å². The average Bonchev–Trinajstić information content (AvgIpc) is 3.11. The van der Waals surface area contributed by atoms with Crippen molar-refractivity contribution >= 4 is 16.8 Å². The molecule has 0 bridgehead atoms. The van der Waals surface area contributed by atoms with Crippen molar-refractivity contribution in [1.82, 2.24) is 15.2 Å². The molecule has 3 aromatic rings.